The predicted octanol–water partition coefficient (Wildman–Crippen LogP) is 3.09. The van der Waals surface area contributed by atoms with Crippen LogP contribution in [0, 0.1) is 18.8 Å². The normalized spacial score (nSPS) is 13.9. The highest BCUT2D eigenvalue weighted by molar-refractivity contribution is 7.14. The van der Waals surface area contributed by atoms with Gasteiger partial charge in [0.25, 0.3) is 5.91 Å². The van der Waals surface area contributed by atoms with Crippen LogP contribution in [0.4, 0.5) is 0 Å². The van der Waals surface area contributed by atoms with E-state index in [1.165, 1.54) is 16.9 Å². The summed E-state index contributed by atoms with van der Waals surface area (Å²) in [6.07, 6.45) is 3.85. The van der Waals surface area contributed by atoms with Gasteiger partial charge in [-0.1, -0.05) is 23.6 Å². The highest BCUT2D eigenvalue weighted by Crippen LogP contribution is 2.18. The Kier molecular flexibility index (Phi) is 4.03. The highest BCUT2D eigenvalue weighted by atomic mass is 32.1. The molecule has 1 amide bonds. The van der Waals surface area contributed by atoms with Gasteiger partial charge in [0, 0.05) is 18.7 Å². The third kappa shape index (κ3) is 3.32. The average Bonchev–Trinajstić information content (AvgIpc) is 3.18. The van der Waals surface area contributed by atoms with Crippen LogP contribution in [-0.4, -0.2) is 28.9 Å². The van der Waals surface area contributed by atoms with Gasteiger partial charge in [0.05, 0.1) is 6.20 Å². The molecule has 0 atom stereocenters. The number of carbonyl (C=O) groups is 1. The first-order chi connectivity index (χ1) is 10.2. The second-order valence-electron chi connectivity index (χ2n) is 5.14. The molecule has 4 heteroatoms. The number of carbonyl (C=O) groups excluding carboxylic acids is 1. The zero-order chi connectivity index (χ0) is 14.7. The number of benzene rings is 1. The largest absolute Gasteiger partial charge is 0.338 e. The van der Waals surface area contributed by atoms with Crippen molar-refractivity contribution in [2.75, 3.05) is 13.1 Å². The third-order valence-electron chi connectivity index (χ3n) is 3.48. The van der Waals surface area contributed by atoms with Crippen molar-refractivity contribution in [2.45, 2.75) is 19.8 Å². The van der Waals surface area contributed by atoms with E-state index in [0.29, 0.717) is 9.88 Å². The quantitative estimate of drug-likeness (QED) is 0.758. The Morgan fingerprint density at radius 3 is 2.62 bits per heavy atom. The topological polar surface area (TPSA) is 33.2 Å². The lowest BCUT2D eigenvalue weighted by Crippen LogP contribution is -2.26. The van der Waals surface area contributed by atoms with Crippen LogP contribution < -0.4 is 0 Å². The van der Waals surface area contributed by atoms with Gasteiger partial charge in [0.1, 0.15) is 4.88 Å². The van der Waals surface area contributed by atoms with Gasteiger partial charge in [-0.25, -0.2) is 4.98 Å². The van der Waals surface area contributed by atoms with Gasteiger partial charge < -0.3 is 4.90 Å². The van der Waals surface area contributed by atoms with E-state index in [1.54, 1.807) is 6.20 Å². The molecule has 1 fully saturated rings. The molecular formula is C17H16N2OS. The maximum absolute atomic E-state index is 12.2. The molecule has 3 rings (SSSR count). The van der Waals surface area contributed by atoms with E-state index in [4.69, 9.17) is 0 Å². The van der Waals surface area contributed by atoms with Crippen molar-refractivity contribution in [3.05, 3.63) is 51.5 Å². The van der Waals surface area contributed by atoms with Crippen LogP contribution in [0.3, 0.4) is 0 Å². The Morgan fingerprint density at radius 2 is 1.90 bits per heavy atom. The van der Waals surface area contributed by atoms with Crippen molar-refractivity contribution in [3.8, 4) is 11.8 Å². The summed E-state index contributed by atoms with van der Waals surface area (Å²) in [4.78, 5) is 19.0. The SMILES string of the molecule is Cc1ccc(C#Cc2ncc(C(=O)N3CCCC3)s2)cc1. The predicted molar refractivity (Wildman–Crippen MR) is 84.4 cm³/mol. The third-order valence-corrected chi connectivity index (χ3v) is 4.38. The molecule has 0 aliphatic carbocycles. The minimum absolute atomic E-state index is 0.0911. The summed E-state index contributed by atoms with van der Waals surface area (Å²) in [7, 11) is 0. The second kappa shape index (κ2) is 6.11. The summed E-state index contributed by atoms with van der Waals surface area (Å²) in [6, 6.07) is 8.06. The van der Waals surface area contributed by atoms with E-state index < -0.39 is 0 Å². The standard InChI is InChI=1S/C17H16N2OS/c1-13-4-6-14(7-5-13)8-9-16-18-12-15(21-16)17(20)19-10-2-3-11-19/h4-7,12H,2-3,10-11H2,1H3. The molecule has 21 heavy (non-hydrogen) atoms. The molecule has 1 aliphatic heterocycles. The summed E-state index contributed by atoms with van der Waals surface area (Å²) in [5.74, 6) is 6.21. The van der Waals surface area contributed by atoms with Crippen LogP contribution in [0.1, 0.15) is 38.6 Å². The number of aryl methyl sites for hydroxylation is 1. The Hall–Kier alpha value is -2.12. The number of aromatic nitrogens is 1. The molecule has 1 aromatic heterocycles. The Morgan fingerprint density at radius 1 is 1.19 bits per heavy atom. The molecule has 0 saturated carbocycles. The van der Waals surface area contributed by atoms with Crippen molar-refractivity contribution in [1.82, 2.24) is 9.88 Å². The van der Waals surface area contributed by atoms with Crippen LogP contribution in [0.5, 0.6) is 0 Å². The molecular weight excluding hydrogens is 280 g/mol. The molecule has 1 saturated heterocycles. The van der Waals surface area contributed by atoms with Crippen molar-refractivity contribution in [2.24, 2.45) is 0 Å². The van der Waals surface area contributed by atoms with E-state index in [9.17, 15) is 4.79 Å². The molecule has 1 aromatic carbocycles. The van der Waals surface area contributed by atoms with Gasteiger partial charge >= 0.3 is 0 Å². The van der Waals surface area contributed by atoms with E-state index >= 15 is 0 Å². The number of rotatable bonds is 1. The summed E-state index contributed by atoms with van der Waals surface area (Å²) < 4.78 is 0. The first-order valence-corrected chi connectivity index (χ1v) is 7.88. The summed E-state index contributed by atoms with van der Waals surface area (Å²) in [6.45, 7) is 3.77. The van der Waals surface area contributed by atoms with Crippen LogP contribution in [0.25, 0.3) is 0 Å². The molecule has 0 radical (unpaired) electrons. The van der Waals surface area contributed by atoms with E-state index in [1.807, 2.05) is 36.1 Å². The van der Waals surface area contributed by atoms with E-state index in [0.717, 1.165) is 31.5 Å². The van der Waals surface area contributed by atoms with Gasteiger partial charge in [-0.3, -0.25) is 4.79 Å². The number of likely N-dealkylation sites (tertiary alicyclic amines) is 1. The number of hydrogen-bond acceptors (Lipinski definition) is 3. The van der Waals surface area contributed by atoms with Gasteiger partial charge in [0.15, 0.2) is 5.01 Å². The first-order valence-electron chi connectivity index (χ1n) is 7.06. The van der Waals surface area contributed by atoms with Crippen molar-refractivity contribution in [1.29, 1.82) is 0 Å². The Bertz CT molecular complexity index is 700. The molecule has 0 N–H and O–H groups in total. The minimum Gasteiger partial charge on any atom is -0.338 e. The van der Waals surface area contributed by atoms with Crippen LogP contribution in [0.2, 0.25) is 0 Å². The molecule has 3 nitrogen and oxygen atoms in total. The van der Waals surface area contributed by atoms with Gasteiger partial charge in [-0.05, 0) is 37.8 Å². The van der Waals surface area contributed by atoms with E-state index in [2.05, 4.69) is 16.8 Å². The van der Waals surface area contributed by atoms with Gasteiger partial charge in [-0.2, -0.15) is 0 Å². The van der Waals surface area contributed by atoms with Gasteiger partial charge in [0.2, 0.25) is 0 Å². The number of amides is 1. The molecule has 2 heterocycles. The molecule has 1 aliphatic rings. The molecule has 0 spiro atoms. The number of thiazole rings is 1. The van der Waals surface area contributed by atoms with Crippen molar-refractivity contribution >= 4 is 17.2 Å². The first kappa shape index (κ1) is 13.8. The Labute approximate surface area is 128 Å². The molecule has 0 unspecified atom stereocenters. The number of nitrogens with zero attached hydrogens (tertiary/aromatic N) is 2. The Balaban J connectivity index is 1.73. The van der Waals surface area contributed by atoms with Crippen LogP contribution in [0.15, 0.2) is 30.5 Å². The van der Waals surface area contributed by atoms with Gasteiger partial charge in [-0.15, -0.1) is 11.3 Å². The van der Waals surface area contributed by atoms with Crippen molar-refractivity contribution in [3.63, 3.8) is 0 Å². The highest BCUT2D eigenvalue weighted by Gasteiger charge is 2.21. The summed E-state index contributed by atoms with van der Waals surface area (Å²) in [5.41, 5.74) is 2.18. The monoisotopic (exact) mass is 296 g/mol. The lowest BCUT2D eigenvalue weighted by molar-refractivity contribution is 0.0797. The molecule has 0 bridgehead atoms. The molecule has 106 valence electrons. The molecule has 2 aromatic rings. The fourth-order valence-corrected chi connectivity index (χ4v) is 3.01. The zero-order valence-electron chi connectivity index (χ0n) is 11.9. The number of hydrogen-bond donors (Lipinski definition) is 0. The lowest BCUT2D eigenvalue weighted by atomic mass is 10.2. The van der Waals surface area contributed by atoms with E-state index in [-0.39, 0.29) is 5.91 Å². The van der Waals surface area contributed by atoms with Crippen LogP contribution >= 0.6 is 11.3 Å². The zero-order valence-corrected chi connectivity index (χ0v) is 12.7. The minimum atomic E-state index is 0.0911. The smallest absolute Gasteiger partial charge is 0.265 e. The maximum Gasteiger partial charge on any atom is 0.265 e. The second-order valence-corrected chi connectivity index (χ2v) is 6.18. The fourth-order valence-electron chi connectivity index (χ4n) is 2.27. The van der Waals surface area contributed by atoms with Crippen molar-refractivity contribution < 1.29 is 4.79 Å². The average molecular weight is 296 g/mol. The fraction of sp³-hybridized carbons (Fsp3) is 0.294. The van der Waals surface area contributed by atoms with Crippen LogP contribution in [-0.2, 0) is 0 Å². The summed E-state index contributed by atoms with van der Waals surface area (Å²) >= 11 is 1.37. The maximum atomic E-state index is 12.2. The summed E-state index contributed by atoms with van der Waals surface area (Å²) in [5, 5.41) is 0.693. The lowest BCUT2D eigenvalue weighted by Gasteiger charge is -2.12.